The molecule has 0 fully saturated rings. The first-order valence-electron chi connectivity index (χ1n) is 8.13. The minimum atomic E-state index is -3.76. The van der Waals surface area contributed by atoms with Gasteiger partial charge in [-0.3, -0.25) is 9.00 Å². The Bertz CT molecular complexity index is 949. The van der Waals surface area contributed by atoms with Crippen LogP contribution in [0, 0.1) is 0 Å². The van der Waals surface area contributed by atoms with Crippen LogP contribution >= 0.6 is 0 Å². The van der Waals surface area contributed by atoms with Crippen molar-refractivity contribution < 1.29 is 36.8 Å². The Morgan fingerprint density at radius 2 is 1.86 bits per heavy atom. The van der Waals surface area contributed by atoms with Crippen LogP contribution in [-0.4, -0.2) is 34.7 Å². The number of hydrogen-bond donors (Lipinski definition) is 1. The fraction of sp³-hybridized carbons (Fsp3) is 0.222. The summed E-state index contributed by atoms with van der Waals surface area (Å²) in [5.41, 5.74) is 0.273. The zero-order chi connectivity index (χ0) is 20.3. The van der Waals surface area contributed by atoms with Gasteiger partial charge in [0.2, 0.25) is 0 Å². The van der Waals surface area contributed by atoms with E-state index < -0.39 is 35.6 Å². The molecular formula is C18H15F2NO6S. The summed E-state index contributed by atoms with van der Waals surface area (Å²) in [5, 5.41) is 2.40. The summed E-state index contributed by atoms with van der Waals surface area (Å²) in [5.74, 6) is -1.54. The van der Waals surface area contributed by atoms with Crippen LogP contribution in [0.1, 0.15) is 17.3 Å². The predicted molar refractivity (Wildman–Crippen MR) is 94.9 cm³/mol. The fourth-order valence-electron chi connectivity index (χ4n) is 2.42. The van der Waals surface area contributed by atoms with E-state index in [4.69, 9.17) is 4.74 Å². The number of nitrogens with one attached hydrogen (secondary N) is 1. The molecule has 7 nitrogen and oxygen atoms in total. The average Bonchev–Trinajstić information content (AvgIpc) is 2.98. The van der Waals surface area contributed by atoms with Crippen molar-refractivity contribution in [1.82, 2.24) is 0 Å². The van der Waals surface area contributed by atoms with Crippen molar-refractivity contribution in [3.05, 3.63) is 48.0 Å². The summed E-state index contributed by atoms with van der Waals surface area (Å²) in [6, 6.07) is 9.97. The lowest BCUT2D eigenvalue weighted by Gasteiger charge is -2.09. The molecule has 0 saturated heterocycles. The molecule has 0 radical (unpaired) electrons. The number of anilines is 1. The number of benzene rings is 2. The second-order valence-corrected chi connectivity index (χ2v) is 7.29. The normalized spacial score (nSPS) is 15.0. The third kappa shape index (κ3) is 4.45. The molecule has 10 heteroatoms. The summed E-state index contributed by atoms with van der Waals surface area (Å²) < 4.78 is 51.5. The van der Waals surface area contributed by atoms with Crippen molar-refractivity contribution in [2.45, 2.75) is 18.1 Å². The largest absolute Gasteiger partial charge is 0.586 e. The van der Waals surface area contributed by atoms with Gasteiger partial charge in [-0.15, -0.1) is 8.78 Å². The average molecular weight is 411 g/mol. The van der Waals surface area contributed by atoms with Crippen LogP contribution in [0.5, 0.6) is 11.5 Å². The number of ether oxygens (including phenoxy) is 3. The van der Waals surface area contributed by atoms with Gasteiger partial charge in [-0.05, 0) is 24.3 Å². The maximum Gasteiger partial charge on any atom is 0.586 e. The van der Waals surface area contributed by atoms with Crippen LogP contribution in [-0.2, 0) is 20.3 Å². The van der Waals surface area contributed by atoms with Crippen LogP contribution in [0.3, 0.4) is 0 Å². The van der Waals surface area contributed by atoms with Gasteiger partial charge in [0.05, 0.1) is 21.3 Å². The molecule has 1 N–H and O–H groups in total. The highest BCUT2D eigenvalue weighted by molar-refractivity contribution is 7.85. The number of alkyl halides is 2. The van der Waals surface area contributed by atoms with E-state index in [1.165, 1.54) is 18.2 Å². The van der Waals surface area contributed by atoms with Gasteiger partial charge in [0.15, 0.2) is 18.1 Å². The van der Waals surface area contributed by atoms with Gasteiger partial charge in [-0.1, -0.05) is 19.1 Å². The van der Waals surface area contributed by atoms with Crippen LogP contribution < -0.4 is 14.8 Å². The number of fused-ring (bicyclic) bond motifs is 1. The summed E-state index contributed by atoms with van der Waals surface area (Å²) >= 11 is 0. The van der Waals surface area contributed by atoms with Crippen LogP contribution in [0.25, 0.3) is 0 Å². The molecule has 148 valence electrons. The lowest BCUT2D eigenvalue weighted by Crippen LogP contribution is -2.25. The lowest BCUT2D eigenvalue weighted by molar-refractivity contribution is -0.286. The molecule has 3 rings (SSSR count). The molecule has 1 amide bonds. The highest BCUT2D eigenvalue weighted by Crippen LogP contribution is 2.42. The molecule has 0 aliphatic carbocycles. The van der Waals surface area contributed by atoms with Crippen molar-refractivity contribution in [3.63, 3.8) is 0 Å². The van der Waals surface area contributed by atoms with E-state index in [9.17, 15) is 22.6 Å². The van der Waals surface area contributed by atoms with E-state index in [-0.39, 0.29) is 22.7 Å². The fourth-order valence-corrected chi connectivity index (χ4v) is 3.36. The van der Waals surface area contributed by atoms with Crippen LogP contribution in [0.2, 0.25) is 0 Å². The van der Waals surface area contributed by atoms with Gasteiger partial charge in [0, 0.05) is 17.5 Å². The number of hydrogen-bond acceptors (Lipinski definition) is 6. The van der Waals surface area contributed by atoms with Gasteiger partial charge in [0.1, 0.15) is 0 Å². The number of halogens is 2. The molecule has 1 atom stereocenters. The number of carbonyl (C=O) groups excluding carboxylic acids is 2. The highest BCUT2D eigenvalue weighted by atomic mass is 32.2. The monoisotopic (exact) mass is 411 g/mol. The van der Waals surface area contributed by atoms with Gasteiger partial charge in [0.25, 0.3) is 5.91 Å². The lowest BCUT2D eigenvalue weighted by atomic mass is 10.2. The summed E-state index contributed by atoms with van der Waals surface area (Å²) in [6.45, 7) is 1.10. The number of carbonyl (C=O) groups is 2. The second-order valence-electron chi connectivity index (χ2n) is 5.58. The number of rotatable bonds is 6. The Morgan fingerprint density at radius 1 is 1.14 bits per heavy atom. The second kappa shape index (κ2) is 7.93. The Balaban J connectivity index is 1.60. The van der Waals surface area contributed by atoms with E-state index in [0.29, 0.717) is 10.6 Å². The minimum Gasteiger partial charge on any atom is -0.452 e. The highest BCUT2D eigenvalue weighted by Gasteiger charge is 2.43. The van der Waals surface area contributed by atoms with E-state index in [2.05, 4.69) is 14.8 Å². The zero-order valence-corrected chi connectivity index (χ0v) is 15.4. The van der Waals surface area contributed by atoms with Gasteiger partial charge < -0.3 is 19.5 Å². The first kappa shape index (κ1) is 19.7. The van der Waals surface area contributed by atoms with E-state index in [1.54, 1.807) is 25.1 Å². The molecule has 28 heavy (non-hydrogen) atoms. The van der Waals surface area contributed by atoms with Crippen molar-refractivity contribution in [2.75, 3.05) is 17.7 Å². The summed E-state index contributed by atoms with van der Waals surface area (Å²) in [6.07, 6.45) is -3.76. The standard InChI is InChI=1S/C18H15F2NO6S/c1-2-28(24)15-6-4-3-5-12(15)17(23)25-10-16(22)21-11-7-8-13-14(9-11)27-18(19,20)26-13/h3-9H,2,10H2,1H3,(H,21,22)/t28-/m1/s1. The third-order valence-electron chi connectivity index (χ3n) is 3.63. The molecule has 1 heterocycles. The molecule has 1 aliphatic heterocycles. The molecule has 1 aliphatic rings. The van der Waals surface area contributed by atoms with Gasteiger partial charge in [-0.25, -0.2) is 4.79 Å². The Morgan fingerprint density at radius 3 is 2.61 bits per heavy atom. The number of amides is 1. The topological polar surface area (TPSA) is 90.9 Å². The summed E-state index contributed by atoms with van der Waals surface area (Å²) in [4.78, 5) is 24.5. The maximum atomic E-state index is 13.0. The molecular weight excluding hydrogens is 396 g/mol. The van der Waals surface area contributed by atoms with Crippen molar-refractivity contribution >= 4 is 28.4 Å². The predicted octanol–water partition coefficient (Wildman–Crippen LogP) is 2.93. The summed E-state index contributed by atoms with van der Waals surface area (Å²) in [7, 11) is -1.36. The molecule has 0 bridgehead atoms. The third-order valence-corrected chi connectivity index (χ3v) is 5.00. The zero-order valence-electron chi connectivity index (χ0n) is 14.6. The SMILES string of the molecule is CC[S@@](=O)c1ccccc1C(=O)OCC(=O)Nc1ccc2c(c1)OC(F)(F)O2. The van der Waals surface area contributed by atoms with Crippen molar-refractivity contribution in [2.24, 2.45) is 0 Å². The molecule has 0 spiro atoms. The quantitative estimate of drug-likeness (QED) is 0.735. The van der Waals surface area contributed by atoms with E-state index in [1.807, 2.05) is 0 Å². The van der Waals surface area contributed by atoms with Crippen LogP contribution in [0.4, 0.5) is 14.5 Å². The first-order chi connectivity index (χ1) is 13.3. The Hall–Kier alpha value is -3.01. The van der Waals surface area contributed by atoms with Crippen molar-refractivity contribution in [1.29, 1.82) is 0 Å². The van der Waals surface area contributed by atoms with E-state index >= 15 is 0 Å². The van der Waals surface area contributed by atoms with Crippen molar-refractivity contribution in [3.8, 4) is 11.5 Å². The Kier molecular flexibility index (Phi) is 5.59. The molecule has 0 unspecified atom stereocenters. The molecule has 2 aromatic rings. The number of esters is 1. The van der Waals surface area contributed by atoms with Crippen LogP contribution in [0.15, 0.2) is 47.4 Å². The Labute approximate surface area is 161 Å². The molecule has 0 saturated carbocycles. The molecule has 0 aromatic heterocycles. The maximum absolute atomic E-state index is 13.0. The smallest absolute Gasteiger partial charge is 0.452 e. The minimum absolute atomic E-state index is 0.112. The van der Waals surface area contributed by atoms with E-state index in [0.717, 1.165) is 6.07 Å². The molecule has 2 aromatic carbocycles. The van der Waals surface area contributed by atoms with Gasteiger partial charge in [-0.2, -0.15) is 0 Å². The van der Waals surface area contributed by atoms with Gasteiger partial charge >= 0.3 is 12.3 Å². The first-order valence-corrected chi connectivity index (χ1v) is 9.45.